The molecule has 0 spiro atoms. The quantitative estimate of drug-likeness (QED) is 0.819. The fourth-order valence-electron chi connectivity index (χ4n) is 1.91. The van der Waals surface area contributed by atoms with E-state index in [-0.39, 0.29) is 30.7 Å². The first-order valence-corrected chi connectivity index (χ1v) is 6.75. The maximum absolute atomic E-state index is 11.7. The van der Waals surface area contributed by atoms with Crippen LogP contribution in [0.1, 0.15) is 16.1 Å². The van der Waals surface area contributed by atoms with E-state index >= 15 is 0 Å². The first-order valence-electron chi connectivity index (χ1n) is 5.87. The zero-order chi connectivity index (χ0) is 13.8. The van der Waals surface area contributed by atoms with Gasteiger partial charge < -0.3 is 15.3 Å². The Morgan fingerprint density at radius 2 is 2.16 bits per heavy atom. The molecule has 1 aromatic rings. The molecule has 0 radical (unpaired) electrons. The van der Waals surface area contributed by atoms with Gasteiger partial charge in [-0.2, -0.15) is 0 Å². The number of carbonyl (C=O) groups excluding carboxylic acids is 2. The average Bonchev–Trinajstić information content (AvgIpc) is 2.83. The lowest BCUT2D eigenvalue weighted by Gasteiger charge is -2.38. The number of thiophene rings is 1. The van der Waals surface area contributed by atoms with Gasteiger partial charge in [-0.15, -0.1) is 11.3 Å². The molecule has 102 valence electrons. The van der Waals surface area contributed by atoms with Crippen LogP contribution >= 0.6 is 11.3 Å². The van der Waals surface area contributed by atoms with Crippen LogP contribution in [0.5, 0.6) is 0 Å². The van der Waals surface area contributed by atoms with Crippen molar-refractivity contribution in [3.8, 4) is 0 Å². The van der Waals surface area contributed by atoms with E-state index in [0.29, 0.717) is 18.0 Å². The van der Waals surface area contributed by atoms with Crippen LogP contribution in [-0.4, -0.2) is 47.4 Å². The molecular weight excluding hydrogens is 268 g/mol. The Morgan fingerprint density at radius 1 is 1.42 bits per heavy atom. The number of carbonyl (C=O) groups is 3. The summed E-state index contributed by atoms with van der Waals surface area (Å²) in [6.45, 7) is 0.872. The number of carboxylic acid groups (broad SMARTS) is 1. The Kier molecular flexibility index (Phi) is 4.16. The molecule has 0 aromatic carbocycles. The predicted molar refractivity (Wildman–Crippen MR) is 69.0 cm³/mol. The van der Waals surface area contributed by atoms with Crippen molar-refractivity contribution in [2.45, 2.75) is 6.42 Å². The van der Waals surface area contributed by atoms with Crippen LogP contribution in [0.2, 0.25) is 0 Å². The molecule has 1 aromatic heterocycles. The van der Waals surface area contributed by atoms with E-state index in [9.17, 15) is 14.4 Å². The Hall–Kier alpha value is -1.89. The Labute approximate surface area is 114 Å². The number of hydrogen-bond acceptors (Lipinski definition) is 4. The highest BCUT2D eigenvalue weighted by Crippen LogP contribution is 2.18. The summed E-state index contributed by atoms with van der Waals surface area (Å²) in [4.78, 5) is 35.9. The van der Waals surface area contributed by atoms with E-state index in [0.717, 1.165) is 0 Å². The molecule has 0 saturated carbocycles. The molecule has 1 fully saturated rings. The molecule has 2 amide bonds. The highest BCUT2D eigenvalue weighted by molar-refractivity contribution is 7.12. The molecule has 2 heterocycles. The van der Waals surface area contributed by atoms with Gasteiger partial charge in [-0.3, -0.25) is 14.4 Å². The number of nitrogens with one attached hydrogen (secondary N) is 1. The first kappa shape index (κ1) is 13.5. The second-order valence-corrected chi connectivity index (χ2v) is 5.37. The fraction of sp³-hybridized carbons (Fsp3) is 0.417. The lowest BCUT2D eigenvalue weighted by Crippen LogP contribution is -2.53. The van der Waals surface area contributed by atoms with E-state index in [1.165, 1.54) is 11.3 Å². The first-order chi connectivity index (χ1) is 9.06. The van der Waals surface area contributed by atoms with Crippen molar-refractivity contribution >= 4 is 29.1 Å². The maximum atomic E-state index is 11.7. The molecule has 6 nitrogen and oxygen atoms in total. The van der Waals surface area contributed by atoms with Crippen molar-refractivity contribution < 1.29 is 19.5 Å². The van der Waals surface area contributed by atoms with Crippen LogP contribution in [-0.2, 0) is 9.59 Å². The summed E-state index contributed by atoms with van der Waals surface area (Å²) in [5.41, 5.74) is 0. The van der Waals surface area contributed by atoms with E-state index < -0.39 is 5.97 Å². The molecule has 0 unspecified atom stereocenters. The predicted octanol–water partition coefficient (Wildman–Crippen LogP) is 0.411. The van der Waals surface area contributed by atoms with Crippen LogP contribution < -0.4 is 5.32 Å². The van der Waals surface area contributed by atoms with Crippen LogP contribution in [0.15, 0.2) is 17.5 Å². The minimum atomic E-state index is -0.844. The van der Waals surface area contributed by atoms with Gasteiger partial charge in [0.25, 0.3) is 5.91 Å². The highest BCUT2D eigenvalue weighted by atomic mass is 32.1. The summed E-state index contributed by atoms with van der Waals surface area (Å²) in [5, 5.41) is 12.9. The summed E-state index contributed by atoms with van der Waals surface area (Å²) in [5.74, 6) is -1.24. The fourth-order valence-corrected chi connectivity index (χ4v) is 2.55. The van der Waals surface area contributed by atoms with Gasteiger partial charge in [0.05, 0.1) is 17.8 Å². The zero-order valence-electron chi connectivity index (χ0n) is 10.2. The molecule has 0 aliphatic carbocycles. The number of rotatable bonds is 5. The lowest BCUT2D eigenvalue weighted by molar-refractivity contribution is -0.144. The second kappa shape index (κ2) is 5.83. The van der Waals surface area contributed by atoms with Gasteiger partial charge in [-0.25, -0.2) is 0 Å². The van der Waals surface area contributed by atoms with Crippen LogP contribution in [0.25, 0.3) is 0 Å². The molecule has 2 rings (SSSR count). The number of hydrogen-bond donors (Lipinski definition) is 2. The van der Waals surface area contributed by atoms with Crippen molar-refractivity contribution in [1.29, 1.82) is 0 Å². The Morgan fingerprint density at radius 3 is 2.74 bits per heavy atom. The van der Waals surface area contributed by atoms with Gasteiger partial charge in [-0.05, 0) is 11.4 Å². The van der Waals surface area contributed by atoms with Crippen molar-refractivity contribution in [1.82, 2.24) is 10.2 Å². The van der Waals surface area contributed by atoms with E-state index in [4.69, 9.17) is 5.11 Å². The Balaban J connectivity index is 1.69. The molecule has 7 heteroatoms. The number of aliphatic carboxylic acids is 1. The van der Waals surface area contributed by atoms with Crippen molar-refractivity contribution in [3.05, 3.63) is 22.4 Å². The second-order valence-electron chi connectivity index (χ2n) is 4.42. The maximum Gasteiger partial charge on any atom is 0.303 e. The molecular formula is C12H14N2O4S. The summed E-state index contributed by atoms with van der Waals surface area (Å²) in [7, 11) is 0. The molecule has 19 heavy (non-hydrogen) atoms. The molecule has 1 saturated heterocycles. The van der Waals surface area contributed by atoms with Gasteiger partial charge in [-0.1, -0.05) is 6.07 Å². The zero-order valence-corrected chi connectivity index (χ0v) is 11.0. The number of likely N-dealkylation sites (tertiary alicyclic amines) is 1. The van der Waals surface area contributed by atoms with Crippen LogP contribution in [0.3, 0.4) is 0 Å². The molecule has 0 bridgehead atoms. The molecule has 1 aliphatic heterocycles. The average molecular weight is 282 g/mol. The minimum absolute atomic E-state index is 0.0365. The molecule has 2 N–H and O–H groups in total. The topological polar surface area (TPSA) is 86.7 Å². The molecule has 0 atom stereocenters. The number of amides is 2. The third-order valence-electron chi connectivity index (χ3n) is 2.92. The van der Waals surface area contributed by atoms with Gasteiger partial charge in [0.15, 0.2) is 0 Å². The normalized spacial score (nSPS) is 14.8. The third kappa shape index (κ3) is 3.54. The van der Waals surface area contributed by atoms with E-state index in [1.807, 2.05) is 0 Å². The number of carboxylic acids is 1. The van der Waals surface area contributed by atoms with Crippen molar-refractivity contribution in [3.63, 3.8) is 0 Å². The standard InChI is InChI=1S/C12H14N2O4S/c15-10(14-6-8(7-14)4-11(16)17)5-13-12(18)9-2-1-3-19-9/h1-3,8H,4-7H2,(H,13,18)(H,16,17). The van der Waals surface area contributed by atoms with Crippen molar-refractivity contribution in [2.24, 2.45) is 5.92 Å². The van der Waals surface area contributed by atoms with Crippen LogP contribution in [0.4, 0.5) is 0 Å². The summed E-state index contributed by atoms with van der Waals surface area (Å²) in [6, 6.07) is 3.46. The summed E-state index contributed by atoms with van der Waals surface area (Å²) >= 11 is 1.32. The lowest BCUT2D eigenvalue weighted by atomic mass is 9.96. The smallest absolute Gasteiger partial charge is 0.303 e. The summed E-state index contributed by atoms with van der Waals surface area (Å²) in [6.07, 6.45) is 0.0886. The van der Waals surface area contributed by atoms with Gasteiger partial charge in [0.1, 0.15) is 0 Å². The highest BCUT2D eigenvalue weighted by Gasteiger charge is 2.31. The summed E-state index contributed by atoms with van der Waals surface area (Å²) < 4.78 is 0. The van der Waals surface area contributed by atoms with Crippen molar-refractivity contribution in [2.75, 3.05) is 19.6 Å². The van der Waals surface area contributed by atoms with Gasteiger partial charge in [0.2, 0.25) is 5.91 Å². The Bertz CT molecular complexity index is 480. The third-order valence-corrected chi connectivity index (χ3v) is 3.79. The van der Waals surface area contributed by atoms with Gasteiger partial charge >= 0.3 is 5.97 Å². The number of nitrogens with zero attached hydrogens (tertiary/aromatic N) is 1. The SMILES string of the molecule is O=C(O)CC1CN(C(=O)CNC(=O)c2cccs2)C1. The van der Waals surface area contributed by atoms with Crippen LogP contribution in [0, 0.1) is 5.92 Å². The monoisotopic (exact) mass is 282 g/mol. The molecule has 1 aliphatic rings. The van der Waals surface area contributed by atoms with E-state index in [1.54, 1.807) is 22.4 Å². The minimum Gasteiger partial charge on any atom is -0.481 e. The largest absolute Gasteiger partial charge is 0.481 e. The van der Waals surface area contributed by atoms with E-state index in [2.05, 4.69) is 5.32 Å². The van der Waals surface area contributed by atoms with Gasteiger partial charge in [0, 0.05) is 19.0 Å².